The maximum atomic E-state index is 14.3. The molecular weight excluding hydrogens is 529 g/mol. The fourth-order valence-corrected chi connectivity index (χ4v) is 4.22. The Balaban J connectivity index is 2.01. The number of methoxy groups -OCH3 is 1. The number of hydrogen-bond acceptors (Lipinski definition) is 5. The Bertz CT molecular complexity index is 1330. The van der Waals surface area contributed by atoms with E-state index in [0.717, 1.165) is 35.9 Å². The fraction of sp³-hybridized carbons (Fsp3) is 0.292. The minimum Gasteiger partial charge on any atom is -0.456 e. The molecule has 0 amide bonds. The average Bonchev–Trinajstić information content (AvgIpc) is 2.82. The van der Waals surface area contributed by atoms with Crippen LogP contribution in [-0.4, -0.2) is 28.1 Å². The smallest absolute Gasteiger partial charge is 0.422 e. The molecule has 2 N–H and O–H groups in total. The minimum absolute atomic E-state index is 0.0321. The monoisotopic (exact) mass is 549 g/mol. The summed E-state index contributed by atoms with van der Waals surface area (Å²) in [7, 11) is 2.45. The third-order valence-electron chi connectivity index (χ3n) is 5.82. The van der Waals surface area contributed by atoms with Crippen LogP contribution in [0.5, 0.6) is 11.5 Å². The molecule has 3 atom stereocenters. The molecule has 6 nitrogen and oxygen atoms in total. The van der Waals surface area contributed by atoms with E-state index in [-0.39, 0.29) is 32.7 Å². The summed E-state index contributed by atoms with van der Waals surface area (Å²) in [6.45, 7) is 1.12. The van der Waals surface area contributed by atoms with Crippen LogP contribution in [0.3, 0.4) is 0 Å². The molecule has 3 aromatic rings. The maximum absolute atomic E-state index is 14.3. The molecule has 0 saturated heterocycles. The molecular formula is C24H21Cl2F4NO5. The van der Waals surface area contributed by atoms with Gasteiger partial charge in [-0.25, -0.2) is 4.39 Å². The number of ether oxygens (including phenoxy) is 2. The van der Waals surface area contributed by atoms with Gasteiger partial charge in [-0.3, -0.25) is 4.79 Å². The molecule has 0 spiro atoms. The van der Waals surface area contributed by atoms with Crippen LogP contribution in [0.25, 0.3) is 0 Å². The van der Waals surface area contributed by atoms with E-state index in [1.165, 1.54) is 38.4 Å². The third kappa shape index (κ3) is 5.09. The second kappa shape index (κ2) is 10.4. The Kier molecular flexibility index (Phi) is 8.07. The van der Waals surface area contributed by atoms with Crippen LogP contribution in [0.2, 0.25) is 10.0 Å². The van der Waals surface area contributed by atoms with Gasteiger partial charge in [0, 0.05) is 49.5 Å². The summed E-state index contributed by atoms with van der Waals surface area (Å²) < 4.78 is 68.0. The lowest BCUT2D eigenvalue weighted by molar-refractivity contribution is -0.274. The van der Waals surface area contributed by atoms with Crippen molar-refractivity contribution in [3.8, 4) is 11.5 Å². The second-order valence-electron chi connectivity index (χ2n) is 8.01. The Hall–Kier alpha value is -2.63. The molecule has 12 heteroatoms. The number of nitrogens with zero attached hydrogens (tertiary/aromatic N) is 1. The van der Waals surface area contributed by atoms with Crippen molar-refractivity contribution in [1.29, 1.82) is 0 Å². The van der Waals surface area contributed by atoms with Crippen molar-refractivity contribution in [3.63, 3.8) is 0 Å². The molecule has 194 valence electrons. The summed E-state index contributed by atoms with van der Waals surface area (Å²) >= 11 is 12.6. The second-order valence-corrected chi connectivity index (χ2v) is 8.76. The number of alkyl halides is 3. The highest BCUT2D eigenvalue weighted by Gasteiger charge is 2.59. The van der Waals surface area contributed by atoms with E-state index in [1.54, 1.807) is 0 Å². The van der Waals surface area contributed by atoms with Crippen LogP contribution >= 0.6 is 23.2 Å². The maximum Gasteiger partial charge on any atom is 0.422 e. The first-order chi connectivity index (χ1) is 16.7. The summed E-state index contributed by atoms with van der Waals surface area (Å²) in [5, 5.41) is 20.0. The summed E-state index contributed by atoms with van der Waals surface area (Å²) in [6, 6.07) is 7.75. The lowest BCUT2D eigenvalue weighted by Gasteiger charge is -2.37. The molecule has 0 radical (unpaired) electrons. The molecule has 0 bridgehead atoms. The van der Waals surface area contributed by atoms with E-state index in [1.807, 2.05) is 0 Å². The van der Waals surface area contributed by atoms with Gasteiger partial charge in [0.05, 0.1) is 5.02 Å². The van der Waals surface area contributed by atoms with E-state index in [4.69, 9.17) is 27.9 Å². The number of aliphatic hydroxyl groups excluding tert-OH is 1. The molecule has 2 aromatic carbocycles. The zero-order chi connectivity index (χ0) is 27.0. The van der Waals surface area contributed by atoms with Gasteiger partial charge in [0.1, 0.15) is 22.3 Å². The van der Waals surface area contributed by atoms with Crippen LogP contribution in [0.4, 0.5) is 17.6 Å². The van der Waals surface area contributed by atoms with Gasteiger partial charge >= 0.3 is 6.18 Å². The number of aliphatic hydroxyl groups is 2. The van der Waals surface area contributed by atoms with Gasteiger partial charge in [-0.05, 0) is 29.8 Å². The van der Waals surface area contributed by atoms with Gasteiger partial charge in [-0.15, -0.1) is 0 Å². The van der Waals surface area contributed by atoms with Crippen molar-refractivity contribution in [2.75, 3.05) is 7.11 Å². The largest absolute Gasteiger partial charge is 0.456 e. The Morgan fingerprint density at radius 2 is 1.67 bits per heavy atom. The van der Waals surface area contributed by atoms with Gasteiger partial charge in [0.15, 0.2) is 11.9 Å². The molecule has 36 heavy (non-hydrogen) atoms. The SMILES string of the molecule is COC(O)c1ccc(Oc2ccc([C@@H](C)[C@@](O)(c3ccc(=O)n(C)c3)C(F)(F)F)c(Cl)c2Cl)cc1F. The summed E-state index contributed by atoms with van der Waals surface area (Å²) in [5.74, 6) is -2.62. The average molecular weight is 550 g/mol. The number of aryl methyl sites for hydroxylation is 1. The Labute approximate surface area is 213 Å². The molecule has 1 heterocycles. The first-order valence-corrected chi connectivity index (χ1v) is 11.1. The van der Waals surface area contributed by atoms with Crippen molar-refractivity contribution >= 4 is 23.2 Å². The number of benzene rings is 2. The standard InChI is InChI=1S/C24H21Cl2F4NO5/c1-12(23(34,24(28,29)30)13-4-9-19(32)31(2)11-13)15-7-8-18(21(26)20(15)25)36-14-5-6-16(17(27)10-14)22(33)35-3/h4-12,22,33-34H,1-3H3/t12-,22?,23-/m1/s1. The molecule has 3 rings (SSSR count). The van der Waals surface area contributed by atoms with E-state index in [9.17, 15) is 32.6 Å². The highest BCUT2D eigenvalue weighted by molar-refractivity contribution is 6.43. The van der Waals surface area contributed by atoms with E-state index >= 15 is 0 Å². The number of halogens is 6. The molecule has 0 saturated carbocycles. The van der Waals surface area contributed by atoms with Crippen molar-refractivity contribution in [2.45, 2.75) is 30.9 Å². The van der Waals surface area contributed by atoms with Crippen LogP contribution in [0.1, 0.15) is 35.8 Å². The zero-order valence-electron chi connectivity index (χ0n) is 19.1. The number of pyridine rings is 1. The normalized spacial score (nSPS) is 15.3. The molecule has 1 aromatic heterocycles. The predicted octanol–water partition coefficient (Wildman–Crippen LogP) is 5.81. The molecule has 1 unspecified atom stereocenters. The lowest BCUT2D eigenvalue weighted by atomic mass is 9.78. The van der Waals surface area contributed by atoms with Gasteiger partial charge in [0.25, 0.3) is 0 Å². The van der Waals surface area contributed by atoms with E-state index in [2.05, 4.69) is 4.74 Å². The summed E-state index contributed by atoms with van der Waals surface area (Å²) in [6.07, 6.45) is -5.74. The zero-order valence-corrected chi connectivity index (χ0v) is 20.6. The summed E-state index contributed by atoms with van der Waals surface area (Å²) in [4.78, 5) is 11.7. The Morgan fingerprint density at radius 1 is 1.03 bits per heavy atom. The number of rotatable bonds is 7. The molecule has 0 aliphatic heterocycles. The first-order valence-electron chi connectivity index (χ1n) is 10.3. The fourth-order valence-electron chi connectivity index (χ4n) is 3.69. The first kappa shape index (κ1) is 27.9. The lowest BCUT2D eigenvalue weighted by Crippen LogP contribution is -2.47. The number of aromatic nitrogens is 1. The number of hydrogen-bond donors (Lipinski definition) is 2. The van der Waals surface area contributed by atoms with Crippen LogP contribution in [0, 0.1) is 5.82 Å². The quantitative estimate of drug-likeness (QED) is 0.287. The minimum atomic E-state index is -5.15. The van der Waals surface area contributed by atoms with Crippen molar-refractivity contribution in [3.05, 3.63) is 91.6 Å². The van der Waals surface area contributed by atoms with E-state index < -0.39 is 40.9 Å². The topological polar surface area (TPSA) is 80.9 Å². The Morgan fingerprint density at radius 3 is 2.22 bits per heavy atom. The van der Waals surface area contributed by atoms with Crippen molar-refractivity contribution < 1.29 is 37.2 Å². The molecule has 0 fully saturated rings. The van der Waals surface area contributed by atoms with Crippen molar-refractivity contribution in [2.24, 2.45) is 7.05 Å². The van der Waals surface area contributed by atoms with Gasteiger partial charge < -0.3 is 24.3 Å². The highest BCUT2D eigenvalue weighted by atomic mass is 35.5. The van der Waals surface area contributed by atoms with Crippen LogP contribution < -0.4 is 10.3 Å². The third-order valence-corrected chi connectivity index (χ3v) is 6.70. The van der Waals surface area contributed by atoms with Gasteiger partial charge in [0.2, 0.25) is 5.56 Å². The van der Waals surface area contributed by atoms with Crippen LogP contribution in [-0.2, 0) is 17.4 Å². The van der Waals surface area contributed by atoms with Gasteiger partial charge in [-0.2, -0.15) is 13.2 Å². The van der Waals surface area contributed by atoms with Crippen molar-refractivity contribution in [1.82, 2.24) is 4.57 Å². The van der Waals surface area contributed by atoms with E-state index in [0.29, 0.717) is 0 Å². The molecule has 0 aliphatic rings. The summed E-state index contributed by atoms with van der Waals surface area (Å²) in [5.41, 5.74) is -4.82. The molecule has 0 aliphatic carbocycles. The predicted molar refractivity (Wildman–Crippen MR) is 125 cm³/mol. The van der Waals surface area contributed by atoms with Gasteiger partial charge in [-0.1, -0.05) is 36.2 Å². The highest BCUT2D eigenvalue weighted by Crippen LogP contribution is 2.51. The van der Waals surface area contributed by atoms with Crippen LogP contribution in [0.15, 0.2) is 53.5 Å².